The molecule has 0 bridgehead atoms. The Morgan fingerprint density at radius 1 is 1.17 bits per heavy atom. The van der Waals surface area contributed by atoms with Crippen molar-refractivity contribution in [1.82, 2.24) is 10.2 Å². The lowest BCUT2D eigenvalue weighted by atomic mass is 9.88. The van der Waals surface area contributed by atoms with Crippen molar-refractivity contribution in [1.29, 1.82) is 0 Å². The van der Waals surface area contributed by atoms with E-state index in [1.165, 1.54) is 6.92 Å². The largest absolute Gasteiger partial charge is 0.395 e. The Balaban J connectivity index is 2.57. The summed E-state index contributed by atoms with van der Waals surface area (Å²) in [6, 6.07) is -1.14. The van der Waals surface area contributed by atoms with E-state index in [0.29, 0.717) is 19.5 Å². The van der Waals surface area contributed by atoms with E-state index in [9.17, 15) is 24.9 Å². The van der Waals surface area contributed by atoms with Crippen molar-refractivity contribution in [3.05, 3.63) is 0 Å². The van der Waals surface area contributed by atoms with Gasteiger partial charge in [0.25, 0.3) is 0 Å². The zero-order valence-corrected chi connectivity index (χ0v) is 15.2. The summed E-state index contributed by atoms with van der Waals surface area (Å²) in [5.74, 6) is -0.0594. The molecule has 1 fully saturated rings. The molecule has 140 valence electrons. The molecule has 2 unspecified atom stereocenters. The highest BCUT2D eigenvalue weighted by atomic mass is 16.3. The van der Waals surface area contributed by atoms with E-state index >= 15 is 0 Å². The summed E-state index contributed by atoms with van der Waals surface area (Å²) >= 11 is 0. The van der Waals surface area contributed by atoms with Gasteiger partial charge in [-0.05, 0) is 19.4 Å². The highest BCUT2D eigenvalue weighted by molar-refractivity contribution is 5.83. The zero-order chi connectivity index (χ0) is 18.5. The summed E-state index contributed by atoms with van der Waals surface area (Å²) in [5.41, 5.74) is -0.338. The molecular weight excluding hydrogens is 312 g/mol. The molecule has 1 saturated heterocycles. The molecule has 0 radical (unpaired) electrons. The minimum absolute atomic E-state index is 0.214. The number of Topliss-reactive ketones (excluding diaryl/α,β-unsaturated/α-hetero) is 1. The van der Waals surface area contributed by atoms with Gasteiger partial charge in [0.05, 0.1) is 24.8 Å². The van der Waals surface area contributed by atoms with E-state index in [4.69, 9.17) is 0 Å². The maximum Gasteiger partial charge on any atom is 0.217 e. The highest BCUT2D eigenvalue weighted by Crippen LogP contribution is 2.21. The minimum Gasteiger partial charge on any atom is -0.395 e. The maximum atomic E-state index is 11.9. The second kappa shape index (κ2) is 8.89. The third kappa shape index (κ3) is 5.81. The van der Waals surface area contributed by atoms with Crippen LogP contribution in [0.2, 0.25) is 0 Å². The molecule has 1 rings (SSSR count). The molecule has 0 aliphatic carbocycles. The number of nitrogens with one attached hydrogen (secondary N) is 1. The Morgan fingerprint density at radius 2 is 1.79 bits per heavy atom. The Bertz CT molecular complexity index is 435. The van der Waals surface area contributed by atoms with Gasteiger partial charge < -0.3 is 20.6 Å². The van der Waals surface area contributed by atoms with Crippen molar-refractivity contribution in [3.8, 4) is 0 Å². The SMILES string of the molecule is CC(=O)NC1CN(CCCCC(=O)C(C)(C)C)C(CO)[C@H](O)[C@@H]1O. The monoisotopic (exact) mass is 344 g/mol. The second-order valence-electron chi connectivity index (χ2n) is 7.66. The number of hydrogen-bond acceptors (Lipinski definition) is 6. The minimum atomic E-state index is -1.13. The van der Waals surface area contributed by atoms with Crippen LogP contribution >= 0.6 is 0 Å². The molecule has 0 aromatic rings. The summed E-state index contributed by atoms with van der Waals surface area (Å²) in [6.07, 6.45) is -0.259. The van der Waals surface area contributed by atoms with Crippen molar-refractivity contribution >= 4 is 11.7 Å². The number of amides is 1. The van der Waals surface area contributed by atoms with Crippen molar-refractivity contribution in [2.24, 2.45) is 5.41 Å². The number of aliphatic hydroxyl groups is 3. The predicted molar refractivity (Wildman–Crippen MR) is 90.4 cm³/mol. The molecular formula is C17H32N2O5. The quantitative estimate of drug-likeness (QED) is 0.471. The van der Waals surface area contributed by atoms with Gasteiger partial charge in [-0.3, -0.25) is 14.5 Å². The van der Waals surface area contributed by atoms with E-state index in [-0.39, 0.29) is 23.7 Å². The fraction of sp³-hybridized carbons (Fsp3) is 0.882. The number of rotatable bonds is 7. The third-order valence-corrected chi connectivity index (χ3v) is 4.57. The Kier molecular flexibility index (Phi) is 7.79. The van der Waals surface area contributed by atoms with Gasteiger partial charge in [-0.25, -0.2) is 0 Å². The molecule has 4 atom stereocenters. The lowest BCUT2D eigenvalue weighted by molar-refractivity contribution is -0.129. The van der Waals surface area contributed by atoms with Crippen molar-refractivity contribution in [2.75, 3.05) is 19.7 Å². The van der Waals surface area contributed by atoms with Crippen LogP contribution in [-0.4, -0.2) is 75.9 Å². The topological polar surface area (TPSA) is 110 Å². The molecule has 7 heteroatoms. The molecule has 0 aromatic carbocycles. The molecule has 1 heterocycles. The lowest BCUT2D eigenvalue weighted by Crippen LogP contribution is -2.66. The molecule has 4 N–H and O–H groups in total. The van der Waals surface area contributed by atoms with Gasteiger partial charge in [-0.1, -0.05) is 20.8 Å². The van der Waals surface area contributed by atoms with Gasteiger partial charge in [-0.2, -0.15) is 0 Å². The van der Waals surface area contributed by atoms with E-state index in [2.05, 4.69) is 5.32 Å². The number of carbonyl (C=O) groups excluding carboxylic acids is 2. The van der Waals surface area contributed by atoms with Crippen LogP contribution in [0.4, 0.5) is 0 Å². The summed E-state index contributed by atoms with van der Waals surface area (Å²) in [7, 11) is 0. The lowest BCUT2D eigenvalue weighted by Gasteiger charge is -2.45. The van der Waals surface area contributed by atoms with Gasteiger partial charge in [0.2, 0.25) is 5.91 Å². The van der Waals surface area contributed by atoms with Crippen LogP contribution in [0.25, 0.3) is 0 Å². The molecule has 1 aliphatic rings. The number of unbranched alkanes of at least 4 members (excludes halogenated alkanes) is 1. The molecule has 0 saturated carbocycles. The van der Waals surface area contributed by atoms with Gasteiger partial charge >= 0.3 is 0 Å². The number of likely N-dealkylation sites (tertiary alicyclic amines) is 1. The molecule has 0 aromatic heterocycles. The van der Waals surface area contributed by atoms with E-state index in [0.717, 1.165) is 12.8 Å². The second-order valence-corrected chi connectivity index (χ2v) is 7.66. The first-order chi connectivity index (χ1) is 11.1. The first-order valence-electron chi connectivity index (χ1n) is 8.59. The van der Waals surface area contributed by atoms with Crippen LogP contribution in [0.1, 0.15) is 47.0 Å². The zero-order valence-electron chi connectivity index (χ0n) is 15.2. The standard InChI is InChI=1S/C17H32N2O5/c1-11(21)18-12-9-19(13(10-20)16(24)15(12)23)8-6-5-7-14(22)17(2,3)4/h12-13,15-16,20,23-24H,5-10H2,1-4H3,(H,18,21)/t12?,13?,15-,16+/m1/s1. The van der Waals surface area contributed by atoms with Crippen molar-refractivity contribution in [2.45, 2.75) is 71.2 Å². The van der Waals surface area contributed by atoms with Crippen molar-refractivity contribution < 1.29 is 24.9 Å². The number of nitrogens with zero attached hydrogens (tertiary/aromatic N) is 1. The van der Waals surface area contributed by atoms with Gasteiger partial charge in [0.1, 0.15) is 11.9 Å². The van der Waals surface area contributed by atoms with E-state index in [1.807, 2.05) is 25.7 Å². The predicted octanol–water partition coefficient (Wildman–Crippen LogP) is -0.325. The molecule has 1 amide bonds. The fourth-order valence-corrected chi connectivity index (χ4v) is 3.03. The van der Waals surface area contributed by atoms with Crippen LogP contribution in [0, 0.1) is 5.41 Å². The number of hydrogen-bond donors (Lipinski definition) is 4. The number of ketones is 1. The Hall–Kier alpha value is -1.02. The first-order valence-corrected chi connectivity index (χ1v) is 8.59. The van der Waals surface area contributed by atoms with Crippen molar-refractivity contribution in [3.63, 3.8) is 0 Å². The van der Waals surface area contributed by atoms with Crippen LogP contribution in [0.15, 0.2) is 0 Å². The summed E-state index contributed by atoms with van der Waals surface area (Å²) in [5, 5.41) is 32.4. The maximum absolute atomic E-state index is 11.9. The molecule has 0 spiro atoms. The van der Waals surface area contributed by atoms with Crippen LogP contribution < -0.4 is 5.32 Å². The van der Waals surface area contributed by atoms with Crippen LogP contribution in [-0.2, 0) is 9.59 Å². The Morgan fingerprint density at radius 3 is 2.29 bits per heavy atom. The molecule has 7 nitrogen and oxygen atoms in total. The average molecular weight is 344 g/mol. The molecule has 1 aliphatic heterocycles. The Labute approximate surface area is 144 Å². The first kappa shape index (κ1) is 21.0. The fourth-order valence-electron chi connectivity index (χ4n) is 3.03. The van der Waals surface area contributed by atoms with E-state index < -0.39 is 24.3 Å². The summed E-state index contributed by atoms with van der Waals surface area (Å²) < 4.78 is 0. The normalized spacial score (nSPS) is 28.6. The van der Waals surface area contributed by atoms with E-state index in [1.54, 1.807) is 0 Å². The number of piperidine rings is 1. The highest BCUT2D eigenvalue weighted by Gasteiger charge is 2.41. The smallest absolute Gasteiger partial charge is 0.217 e. The summed E-state index contributed by atoms with van der Waals surface area (Å²) in [6.45, 7) is 7.73. The summed E-state index contributed by atoms with van der Waals surface area (Å²) in [4.78, 5) is 25.0. The number of aliphatic hydroxyl groups excluding tert-OH is 3. The van der Waals surface area contributed by atoms with Gasteiger partial charge in [0, 0.05) is 25.3 Å². The average Bonchev–Trinajstić information content (AvgIpc) is 2.47. The van der Waals surface area contributed by atoms with Gasteiger partial charge in [-0.15, -0.1) is 0 Å². The number of carbonyl (C=O) groups is 2. The van der Waals surface area contributed by atoms with Crippen LogP contribution in [0.5, 0.6) is 0 Å². The van der Waals surface area contributed by atoms with Crippen LogP contribution in [0.3, 0.4) is 0 Å². The third-order valence-electron chi connectivity index (χ3n) is 4.57. The molecule has 24 heavy (non-hydrogen) atoms. The van der Waals surface area contributed by atoms with Gasteiger partial charge in [0.15, 0.2) is 0 Å².